The molecule has 1 rings (SSSR count). The molecule has 0 aromatic heterocycles. The lowest BCUT2D eigenvalue weighted by Crippen LogP contribution is -2.40. The van der Waals surface area contributed by atoms with Gasteiger partial charge in [-0.2, -0.15) is 0 Å². The van der Waals surface area contributed by atoms with E-state index in [0.717, 1.165) is 24.2 Å². The Morgan fingerprint density at radius 3 is 2.29 bits per heavy atom. The van der Waals surface area contributed by atoms with Crippen LogP contribution in [0.4, 0.5) is 0 Å². The van der Waals surface area contributed by atoms with Gasteiger partial charge in [0.1, 0.15) is 11.8 Å². The van der Waals surface area contributed by atoms with E-state index in [0.29, 0.717) is 6.42 Å². The molecule has 5 nitrogen and oxygen atoms in total. The van der Waals surface area contributed by atoms with E-state index in [2.05, 4.69) is 5.32 Å². The van der Waals surface area contributed by atoms with E-state index in [1.54, 1.807) is 13.2 Å². The number of esters is 1. The summed E-state index contributed by atoms with van der Waals surface area (Å²) in [5, 5.41) is 2.67. The minimum atomic E-state index is -0.599. The molecule has 1 aromatic rings. The Balaban J connectivity index is 0.00000254. The summed E-state index contributed by atoms with van der Waals surface area (Å²) in [6.07, 6.45) is 5.46. The zero-order valence-electron chi connectivity index (χ0n) is 15.3. The lowest BCUT2D eigenvalue weighted by molar-refractivity contribution is -0.144. The van der Waals surface area contributed by atoms with E-state index >= 15 is 0 Å². The van der Waals surface area contributed by atoms with E-state index in [1.165, 1.54) is 13.2 Å². The molecule has 0 aliphatic carbocycles. The minimum Gasteiger partial charge on any atom is -0.497 e. The van der Waals surface area contributed by atoms with E-state index in [4.69, 9.17) is 9.47 Å². The smallest absolute Gasteiger partial charge is 0.328 e. The molecule has 1 amide bonds. The maximum atomic E-state index is 11.9. The Bertz CT molecular complexity index is 509. The fourth-order valence-electron chi connectivity index (χ4n) is 1.91. The van der Waals surface area contributed by atoms with Gasteiger partial charge in [0.2, 0.25) is 5.91 Å². The van der Waals surface area contributed by atoms with Crippen LogP contribution in [0.15, 0.2) is 30.3 Å². The SMILES string of the molecule is CC.CCCCC(NC(=O)/C=C/c1ccc(OC)cc1)C(=O)OC. The van der Waals surface area contributed by atoms with Crippen molar-refractivity contribution >= 4 is 18.0 Å². The number of nitrogens with one attached hydrogen (secondary N) is 1. The van der Waals surface area contributed by atoms with Crippen LogP contribution in [0.5, 0.6) is 5.75 Å². The predicted octanol–water partition coefficient (Wildman–Crippen LogP) is 3.58. The van der Waals surface area contributed by atoms with Crippen LogP contribution in [-0.4, -0.2) is 32.1 Å². The highest BCUT2D eigenvalue weighted by atomic mass is 16.5. The van der Waals surface area contributed by atoms with Gasteiger partial charge in [-0.05, 0) is 30.2 Å². The second-order valence-electron chi connectivity index (χ2n) is 4.83. The Hall–Kier alpha value is -2.30. The highest BCUT2D eigenvalue weighted by Gasteiger charge is 2.19. The first kappa shape index (κ1) is 21.7. The number of methoxy groups -OCH3 is 2. The fourth-order valence-corrected chi connectivity index (χ4v) is 1.91. The van der Waals surface area contributed by atoms with Crippen molar-refractivity contribution < 1.29 is 19.1 Å². The van der Waals surface area contributed by atoms with E-state index in [1.807, 2.05) is 45.0 Å². The van der Waals surface area contributed by atoms with Crippen LogP contribution < -0.4 is 10.1 Å². The van der Waals surface area contributed by atoms with Gasteiger partial charge >= 0.3 is 5.97 Å². The Morgan fingerprint density at radius 1 is 1.17 bits per heavy atom. The molecule has 0 aliphatic rings. The van der Waals surface area contributed by atoms with Gasteiger partial charge in [0.05, 0.1) is 14.2 Å². The normalized spacial score (nSPS) is 11.2. The van der Waals surface area contributed by atoms with Gasteiger partial charge in [-0.15, -0.1) is 0 Å². The zero-order valence-corrected chi connectivity index (χ0v) is 15.3. The van der Waals surface area contributed by atoms with Crippen LogP contribution in [0.2, 0.25) is 0 Å². The van der Waals surface area contributed by atoms with Crippen molar-refractivity contribution in [3.63, 3.8) is 0 Å². The Morgan fingerprint density at radius 2 is 1.79 bits per heavy atom. The number of carbonyl (C=O) groups excluding carboxylic acids is 2. The molecular weight excluding hydrogens is 306 g/mol. The monoisotopic (exact) mass is 335 g/mol. The van der Waals surface area contributed by atoms with Gasteiger partial charge in [0.15, 0.2) is 0 Å². The number of hydrogen-bond acceptors (Lipinski definition) is 4. The number of rotatable bonds is 8. The van der Waals surface area contributed by atoms with Gasteiger partial charge in [-0.3, -0.25) is 4.79 Å². The summed E-state index contributed by atoms with van der Waals surface area (Å²) in [6.45, 7) is 6.03. The molecule has 1 unspecified atom stereocenters. The van der Waals surface area contributed by atoms with Crippen molar-refractivity contribution in [3.8, 4) is 5.75 Å². The van der Waals surface area contributed by atoms with Crippen molar-refractivity contribution in [1.82, 2.24) is 5.32 Å². The van der Waals surface area contributed by atoms with Crippen LogP contribution in [0.3, 0.4) is 0 Å². The number of carbonyl (C=O) groups is 2. The maximum Gasteiger partial charge on any atom is 0.328 e. The molecule has 1 aromatic carbocycles. The molecule has 0 spiro atoms. The molecule has 0 bridgehead atoms. The fraction of sp³-hybridized carbons (Fsp3) is 0.474. The molecule has 134 valence electrons. The first-order valence-corrected chi connectivity index (χ1v) is 8.31. The van der Waals surface area contributed by atoms with E-state index in [-0.39, 0.29) is 5.91 Å². The standard InChI is InChI=1S/C17H23NO4.C2H6/c1-4-5-6-15(17(20)22-3)18-16(19)12-9-13-7-10-14(21-2)11-8-13;1-2/h7-12,15H,4-6H2,1-3H3,(H,18,19);1-2H3/b12-9+;. The average Bonchev–Trinajstić information content (AvgIpc) is 2.64. The number of benzene rings is 1. The Kier molecular flexibility index (Phi) is 11.9. The molecule has 0 fully saturated rings. The van der Waals surface area contributed by atoms with Crippen molar-refractivity contribution in [2.24, 2.45) is 0 Å². The first-order chi connectivity index (χ1) is 11.6. The minimum absolute atomic E-state index is 0.317. The number of hydrogen-bond donors (Lipinski definition) is 1. The van der Waals surface area contributed by atoms with Gasteiger partial charge in [0.25, 0.3) is 0 Å². The first-order valence-electron chi connectivity index (χ1n) is 8.31. The van der Waals surface area contributed by atoms with Crippen molar-refractivity contribution in [2.75, 3.05) is 14.2 Å². The lowest BCUT2D eigenvalue weighted by Gasteiger charge is -2.14. The van der Waals surface area contributed by atoms with Crippen LogP contribution >= 0.6 is 0 Å². The molecule has 0 aliphatic heterocycles. The summed E-state index contributed by atoms with van der Waals surface area (Å²) < 4.78 is 9.78. The van der Waals surface area contributed by atoms with Gasteiger partial charge in [-0.25, -0.2) is 4.79 Å². The summed E-state index contributed by atoms with van der Waals surface area (Å²) in [5.41, 5.74) is 0.874. The summed E-state index contributed by atoms with van der Waals surface area (Å²) in [7, 11) is 2.92. The van der Waals surface area contributed by atoms with Gasteiger partial charge in [-0.1, -0.05) is 45.7 Å². The predicted molar refractivity (Wildman–Crippen MR) is 96.8 cm³/mol. The van der Waals surface area contributed by atoms with Crippen molar-refractivity contribution in [2.45, 2.75) is 46.1 Å². The number of amides is 1. The van der Waals surface area contributed by atoms with Crippen LogP contribution in [-0.2, 0) is 14.3 Å². The topological polar surface area (TPSA) is 64.6 Å². The quantitative estimate of drug-likeness (QED) is 0.582. The number of unbranched alkanes of at least 4 members (excludes halogenated alkanes) is 1. The second kappa shape index (κ2) is 13.2. The molecule has 1 atom stereocenters. The third kappa shape index (κ3) is 8.36. The second-order valence-corrected chi connectivity index (χ2v) is 4.83. The largest absolute Gasteiger partial charge is 0.497 e. The molecule has 0 saturated heterocycles. The van der Waals surface area contributed by atoms with Gasteiger partial charge in [0, 0.05) is 6.08 Å². The molecule has 24 heavy (non-hydrogen) atoms. The molecular formula is C19H29NO4. The average molecular weight is 335 g/mol. The van der Waals surface area contributed by atoms with Gasteiger partial charge < -0.3 is 14.8 Å². The molecule has 0 saturated carbocycles. The van der Waals surface area contributed by atoms with Crippen LogP contribution in [0.1, 0.15) is 45.6 Å². The molecule has 0 heterocycles. The molecule has 1 N–H and O–H groups in total. The highest BCUT2D eigenvalue weighted by Crippen LogP contribution is 2.12. The van der Waals surface area contributed by atoms with Crippen molar-refractivity contribution in [3.05, 3.63) is 35.9 Å². The molecule has 0 radical (unpaired) electrons. The van der Waals surface area contributed by atoms with E-state index in [9.17, 15) is 9.59 Å². The molecule has 5 heteroatoms. The summed E-state index contributed by atoms with van der Waals surface area (Å²) in [4.78, 5) is 23.5. The zero-order chi connectivity index (χ0) is 18.4. The summed E-state index contributed by atoms with van der Waals surface area (Å²) >= 11 is 0. The van der Waals surface area contributed by atoms with E-state index < -0.39 is 12.0 Å². The summed E-state index contributed by atoms with van der Waals surface area (Å²) in [6, 6.07) is 6.72. The third-order valence-corrected chi connectivity index (χ3v) is 3.19. The third-order valence-electron chi connectivity index (χ3n) is 3.19. The maximum absolute atomic E-state index is 11.9. The van der Waals surface area contributed by atoms with Crippen LogP contribution in [0.25, 0.3) is 6.08 Å². The lowest BCUT2D eigenvalue weighted by atomic mass is 10.1. The van der Waals surface area contributed by atoms with Crippen LogP contribution in [0, 0.1) is 0 Å². The highest BCUT2D eigenvalue weighted by molar-refractivity contribution is 5.94. The number of ether oxygens (including phenoxy) is 2. The Labute approximate surface area is 145 Å². The van der Waals surface area contributed by atoms with Crippen molar-refractivity contribution in [1.29, 1.82) is 0 Å². The summed E-state index contributed by atoms with van der Waals surface area (Å²) in [5.74, 6) is 0.0221.